The third-order valence-corrected chi connectivity index (χ3v) is 3.84. The molecule has 1 atom stereocenters. The molecule has 0 saturated heterocycles. The largest absolute Gasteiger partial charge is 0.362 e. The van der Waals surface area contributed by atoms with Crippen molar-refractivity contribution in [2.75, 3.05) is 10.6 Å². The van der Waals surface area contributed by atoms with Crippen molar-refractivity contribution >= 4 is 17.5 Å². The molecule has 24 heavy (non-hydrogen) atoms. The predicted octanol–water partition coefficient (Wildman–Crippen LogP) is 4.35. The second-order valence-electron chi connectivity index (χ2n) is 5.62. The van der Waals surface area contributed by atoms with Gasteiger partial charge in [-0.05, 0) is 36.6 Å². The van der Waals surface area contributed by atoms with Crippen molar-refractivity contribution in [3.8, 4) is 0 Å². The van der Waals surface area contributed by atoms with Gasteiger partial charge in [-0.2, -0.15) is 10.1 Å². The van der Waals surface area contributed by atoms with Crippen molar-refractivity contribution in [1.82, 2.24) is 15.2 Å². The van der Waals surface area contributed by atoms with Crippen molar-refractivity contribution < 1.29 is 0 Å². The number of hydrogen-bond acceptors (Lipinski definition) is 5. The van der Waals surface area contributed by atoms with Crippen molar-refractivity contribution in [1.29, 1.82) is 0 Å². The molecule has 0 aliphatic carbocycles. The van der Waals surface area contributed by atoms with E-state index in [9.17, 15) is 0 Å². The topological polar surface area (TPSA) is 62.7 Å². The van der Waals surface area contributed by atoms with Gasteiger partial charge in [-0.1, -0.05) is 49.4 Å². The third-order valence-electron chi connectivity index (χ3n) is 3.84. The maximum absolute atomic E-state index is 4.48. The number of nitrogens with zero attached hydrogens (tertiary/aromatic N) is 3. The van der Waals surface area contributed by atoms with Crippen LogP contribution in [0.1, 0.15) is 31.0 Å². The van der Waals surface area contributed by atoms with Gasteiger partial charge in [-0.15, -0.1) is 5.10 Å². The van der Waals surface area contributed by atoms with Gasteiger partial charge in [0, 0.05) is 11.7 Å². The van der Waals surface area contributed by atoms with Crippen LogP contribution < -0.4 is 10.6 Å². The van der Waals surface area contributed by atoms with Crippen LogP contribution >= 0.6 is 0 Å². The van der Waals surface area contributed by atoms with Gasteiger partial charge in [-0.3, -0.25) is 0 Å². The molecule has 122 valence electrons. The van der Waals surface area contributed by atoms with Gasteiger partial charge in [0.25, 0.3) is 0 Å². The maximum Gasteiger partial charge on any atom is 0.249 e. The summed E-state index contributed by atoms with van der Waals surface area (Å²) >= 11 is 0. The second kappa shape index (κ2) is 7.55. The van der Waals surface area contributed by atoms with Crippen LogP contribution in [0.3, 0.4) is 0 Å². The van der Waals surface area contributed by atoms with Gasteiger partial charge in [0.2, 0.25) is 5.95 Å². The molecule has 3 aromatic rings. The van der Waals surface area contributed by atoms with E-state index in [0.29, 0.717) is 11.8 Å². The van der Waals surface area contributed by atoms with E-state index in [4.69, 9.17) is 0 Å². The van der Waals surface area contributed by atoms with Crippen LogP contribution in [-0.2, 0) is 6.42 Å². The summed E-state index contributed by atoms with van der Waals surface area (Å²) in [6.07, 6.45) is 2.65. The molecule has 3 rings (SSSR count). The lowest BCUT2D eigenvalue weighted by atomic mass is 10.1. The third kappa shape index (κ3) is 4.07. The first kappa shape index (κ1) is 15.9. The maximum atomic E-state index is 4.48. The van der Waals surface area contributed by atoms with E-state index in [1.165, 1.54) is 11.1 Å². The van der Waals surface area contributed by atoms with Crippen molar-refractivity contribution in [2.24, 2.45) is 0 Å². The Balaban J connectivity index is 1.69. The van der Waals surface area contributed by atoms with Crippen molar-refractivity contribution in [3.63, 3.8) is 0 Å². The Bertz CT molecular complexity index is 771. The van der Waals surface area contributed by atoms with Crippen LogP contribution in [0.5, 0.6) is 0 Å². The predicted molar refractivity (Wildman–Crippen MR) is 97.4 cm³/mol. The van der Waals surface area contributed by atoms with E-state index >= 15 is 0 Å². The molecule has 1 unspecified atom stereocenters. The molecule has 0 spiro atoms. The zero-order valence-electron chi connectivity index (χ0n) is 13.9. The fourth-order valence-electron chi connectivity index (χ4n) is 2.43. The van der Waals surface area contributed by atoms with E-state index in [1.807, 2.05) is 30.3 Å². The summed E-state index contributed by atoms with van der Waals surface area (Å²) in [4.78, 5) is 4.48. The lowest BCUT2D eigenvalue weighted by Crippen LogP contribution is -2.09. The zero-order chi connectivity index (χ0) is 16.8. The quantitative estimate of drug-likeness (QED) is 0.707. The molecule has 0 saturated carbocycles. The Morgan fingerprint density at radius 1 is 1.00 bits per heavy atom. The lowest BCUT2D eigenvalue weighted by molar-refractivity contribution is 0.861. The first-order valence-electron chi connectivity index (χ1n) is 8.12. The van der Waals surface area contributed by atoms with Crippen molar-refractivity contribution in [3.05, 3.63) is 71.9 Å². The van der Waals surface area contributed by atoms with Gasteiger partial charge in [0.1, 0.15) is 0 Å². The number of rotatable bonds is 6. The summed E-state index contributed by atoms with van der Waals surface area (Å²) in [5.41, 5.74) is 3.44. The van der Waals surface area contributed by atoms with Crippen LogP contribution in [0.4, 0.5) is 17.5 Å². The van der Waals surface area contributed by atoms with E-state index < -0.39 is 0 Å². The highest BCUT2D eigenvalue weighted by atomic mass is 15.3. The SMILES string of the molecule is CCc1ccc(Nc2nncc(NC(C)c3ccccc3)n2)cc1. The number of aryl methyl sites for hydroxylation is 1. The lowest BCUT2D eigenvalue weighted by Gasteiger charge is -2.15. The van der Waals surface area contributed by atoms with E-state index in [-0.39, 0.29) is 6.04 Å². The minimum Gasteiger partial charge on any atom is -0.362 e. The van der Waals surface area contributed by atoms with Crippen LogP contribution in [-0.4, -0.2) is 15.2 Å². The normalized spacial score (nSPS) is 11.8. The van der Waals surface area contributed by atoms with E-state index in [0.717, 1.165) is 12.1 Å². The summed E-state index contributed by atoms with van der Waals surface area (Å²) in [7, 11) is 0. The Labute approximate surface area is 142 Å². The molecule has 0 radical (unpaired) electrons. The Kier molecular flexibility index (Phi) is 5.01. The smallest absolute Gasteiger partial charge is 0.249 e. The molecule has 1 heterocycles. The molecular formula is C19H21N5. The summed E-state index contributed by atoms with van der Waals surface area (Å²) < 4.78 is 0. The average molecular weight is 319 g/mol. The molecule has 0 aliphatic rings. The molecule has 5 heteroatoms. The number of hydrogen-bond donors (Lipinski definition) is 2. The molecule has 5 nitrogen and oxygen atoms in total. The molecule has 0 amide bonds. The fourth-order valence-corrected chi connectivity index (χ4v) is 2.43. The summed E-state index contributed by atoms with van der Waals surface area (Å²) in [6, 6.07) is 18.6. The zero-order valence-corrected chi connectivity index (χ0v) is 13.9. The van der Waals surface area contributed by atoms with Crippen LogP contribution in [0.15, 0.2) is 60.8 Å². The highest BCUT2D eigenvalue weighted by molar-refractivity contribution is 5.54. The number of aromatic nitrogens is 3. The molecule has 0 fully saturated rings. The average Bonchev–Trinajstić information content (AvgIpc) is 2.63. The van der Waals surface area contributed by atoms with Gasteiger partial charge >= 0.3 is 0 Å². The van der Waals surface area contributed by atoms with E-state index in [2.05, 4.69) is 63.9 Å². The highest BCUT2D eigenvalue weighted by Crippen LogP contribution is 2.19. The first-order valence-corrected chi connectivity index (χ1v) is 8.12. The molecule has 2 aromatic carbocycles. The monoisotopic (exact) mass is 319 g/mol. The molecule has 1 aromatic heterocycles. The standard InChI is InChI=1S/C19H21N5/c1-3-15-9-11-17(12-10-15)22-19-23-18(13-20-24-19)21-14(2)16-7-5-4-6-8-16/h4-14H,3H2,1-2H3,(H2,21,22,23,24). The number of nitrogens with one attached hydrogen (secondary N) is 2. The van der Waals surface area contributed by atoms with Gasteiger partial charge in [-0.25, -0.2) is 0 Å². The van der Waals surface area contributed by atoms with Gasteiger partial charge < -0.3 is 10.6 Å². The minimum absolute atomic E-state index is 0.139. The molecule has 0 aliphatic heterocycles. The Morgan fingerprint density at radius 3 is 2.46 bits per heavy atom. The first-order chi connectivity index (χ1) is 11.7. The Hall–Kier alpha value is -2.95. The van der Waals surface area contributed by atoms with Crippen molar-refractivity contribution in [2.45, 2.75) is 26.3 Å². The molecule has 2 N–H and O–H groups in total. The number of anilines is 3. The molecule has 0 bridgehead atoms. The fraction of sp³-hybridized carbons (Fsp3) is 0.211. The summed E-state index contributed by atoms with van der Waals surface area (Å²) in [6.45, 7) is 4.23. The summed E-state index contributed by atoms with van der Waals surface area (Å²) in [5, 5.41) is 14.6. The van der Waals surface area contributed by atoms with Crippen LogP contribution in [0.25, 0.3) is 0 Å². The number of benzene rings is 2. The minimum atomic E-state index is 0.139. The van der Waals surface area contributed by atoms with Gasteiger partial charge in [0.15, 0.2) is 5.82 Å². The van der Waals surface area contributed by atoms with E-state index in [1.54, 1.807) is 6.20 Å². The highest BCUT2D eigenvalue weighted by Gasteiger charge is 2.07. The van der Waals surface area contributed by atoms with Crippen LogP contribution in [0, 0.1) is 0 Å². The van der Waals surface area contributed by atoms with Gasteiger partial charge in [0.05, 0.1) is 6.20 Å². The summed E-state index contributed by atoms with van der Waals surface area (Å²) in [5.74, 6) is 1.17. The van der Waals surface area contributed by atoms with Crippen LogP contribution in [0.2, 0.25) is 0 Å². The second-order valence-corrected chi connectivity index (χ2v) is 5.62. The molecular weight excluding hydrogens is 298 g/mol. The Morgan fingerprint density at radius 2 is 1.75 bits per heavy atom.